The molecule has 1 heterocycles. The van der Waals surface area contributed by atoms with E-state index in [4.69, 9.17) is 4.74 Å². The summed E-state index contributed by atoms with van der Waals surface area (Å²) < 4.78 is 31.6. The number of rotatable bonds is 2. The van der Waals surface area contributed by atoms with Gasteiger partial charge in [-0.15, -0.1) is 0 Å². The van der Waals surface area contributed by atoms with Crippen LogP contribution in [0.1, 0.15) is 17.3 Å². The SMILES string of the molecule is CC(=O)N1CCOc2cc(NC(=O)c3ccc(F)c(F)c3)ccc21. The zero-order chi connectivity index (χ0) is 17.3. The molecule has 3 rings (SSSR count). The fourth-order valence-corrected chi connectivity index (χ4v) is 2.47. The molecule has 1 N–H and O–H groups in total. The largest absolute Gasteiger partial charge is 0.489 e. The number of hydrogen-bond donors (Lipinski definition) is 1. The zero-order valence-electron chi connectivity index (χ0n) is 12.8. The molecular weight excluding hydrogens is 318 g/mol. The first kappa shape index (κ1) is 15.9. The molecule has 0 saturated heterocycles. The third-order valence-corrected chi connectivity index (χ3v) is 3.64. The van der Waals surface area contributed by atoms with Gasteiger partial charge in [0.2, 0.25) is 5.91 Å². The van der Waals surface area contributed by atoms with Crippen molar-refractivity contribution in [2.75, 3.05) is 23.4 Å². The number of fused-ring (bicyclic) bond motifs is 1. The number of nitrogens with one attached hydrogen (secondary N) is 1. The lowest BCUT2D eigenvalue weighted by atomic mass is 10.1. The first-order chi connectivity index (χ1) is 11.5. The van der Waals surface area contributed by atoms with Gasteiger partial charge in [-0.3, -0.25) is 9.59 Å². The van der Waals surface area contributed by atoms with Crippen molar-refractivity contribution in [3.8, 4) is 5.75 Å². The summed E-state index contributed by atoms with van der Waals surface area (Å²) in [5, 5.41) is 2.59. The van der Waals surface area contributed by atoms with Crippen molar-refractivity contribution in [1.82, 2.24) is 0 Å². The van der Waals surface area contributed by atoms with Crippen LogP contribution in [0.3, 0.4) is 0 Å². The van der Waals surface area contributed by atoms with Crippen molar-refractivity contribution >= 4 is 23.2 Å². The van der Waals surface area contributed by atoms with Crippen LogP contribution in [0.15, 0.2) is 36.4 Å². The number of amides is 2. The van der Waals surface area contributed by atoms with E-state index in [0.29, 0.717) is 30.3 Å². The Morgan fingerprint density at radius 3 is 2.62 bits per heavy atom. The van der Waals surface area contributed by atoms with Crippen LogP contribution in [0.25, 0.3) is 0 Å². The van der Waals surface area contributed by atoms with E-state index in [2.05, 4.69) is 5.32 Å². The fourth-order valence-electron chi connectivity index (χ4n) is 2.47. The van der Waals surface area contributed by atoms with Gasteiger partial charge >= 0.3 is 0 Å². The molecule has 0 aliphatic carbocycles. The van der Waals surface area contributed by atoms with E-state index < -0.39 is 17.5 Å². The summed E-state index contributed by atoms with van der Waals surface area (Å²) in [6.45, 7) is 2.28. The molecule has 0 aromatic heterocycles. The summed E-state index contributed by atoms with van der Waals surface area (Å²) >= 11 is 0. The van der Waals surface area contributed by atoms with Crippen molar-refractivity contribution in [3.63, 3.8) is 0 Å². The summed E-state index contributed by atoms with van der Waals surface area (Å²) in [7, 11) is 0. The average molecular weight is 332 g/mol. The minimum absolute atomic E-state index is 0.00194. The van der Waals surface area contributed by atoms with Gasteiger partial charge in [0.15, 0.2) is 11.6 Å². The van der Waals surface area contributed by atoms with Crippen LogP contribution < -0.4 is 15.0 Å². The van der Waals surface area contributed by atoms with Crippen molar-refractivity contribution in [1.29, 1.82) is 0 Å². The lowest BCUT2D eigenvalue weighted by molar-refractivity contribution is -0.116. The second kappa shape index (κ2) is 6.27. The van der Waals surface area contributed by atoms with E-state index in [9.17, 15) is 18.4 Å². The van der Waals surface area contributed by atoms with Crippen molar-refractivity contribution in [3.05, 3.63) is 53.6 Å². The molecule has 0 fully saturated rings. The minimum Gasteiger partial charge on any atom is -0.489 e. The van der Waals surface area contributed by atoms with Gasteiger partial charge in [-0.25, -0.2) is 8.78 Å². The number of halogens is 2. The average Bonchev–Trinajstić information content (AvgIpc) is 2.56. The number of anilines is 2. The third-order valence-electron chi connectivity index (χ3n) is 3.64. The van der Waals surface area contributed by atoms with Gasteiger partial charge in [0, 0.05) is 24.2 Å². The van der Waals surface area contributed by atoms with Crippen LogP contribution in [0.2, 0.25) is 0 Å². The maximum Gasteiger partial charge on any atom is 0.255 e. The monoisotopic (exact) mass is 332 g/mol. The Hall–Kier alpha value is -2.96. The molecule has 7 heteroatoms. The second-order valence-electron chi connectivity index (χ2n) is 5.28. The van der Waals surface area contributed by atoms with Crippen LogP contribution in [0.4, 0.5) is 20.2 Å². The van der Waals surface area contributed by atoms with Crippen LogP contribution in [0, 0.1) is 11.6 Å². The predicted octanol–water partition coefficient (Wildman–Crippen LogP) is 2.96. The van der Waals surface area contributed by atoms with E-state index in [0.717, 1.165) is 12.1 Å². The summed E-state index contributed by atoms with van der Waals surface area (Å²) in [4.78, 5) is 25.3. The highest BCUT2D eigenvalue weighted by atomic mass is 19.2. The van der Waals surface area contributed by atoms with Gasteiger partial charge in [0.05, 0.1) is 12.2 Å². The van der Waals surface area contributed by atoms with Gasteiger partial charge in [-0.1, -0.05) is 0 Å². The fraction of sp³-hybridized carbons (Fsp3) is 0.176. The Bertz CT molecular complexity index is 823. The molecule has 0 saturated carbocycles. The highest BCUT2D eigenvalue weighted by Gasteiger charge is 2.21. The van der Waals surface area contributed by atoms with E-state index in [-0.39, 0.29) is 11.5 Å². The lowest BCUT2D eigenvalue weighted by Gasteiger charge is -2.29. The normalized spacial score (nSPS) is 13.0. The topological polar surface area (TPSA) is 58.6 Å². The molecule has 2 amide bonds. The molecule has 5 nitrogen and oxygen atoms in total. The molecule has 2 aromatic carbocycles. The Morgan fingerprint density at radius 2 is 1.92 bits per heavy atom. The molecule has 0 atom stereocenters. The van der Waals surface area contributed by atoms with Crippen molar-refractivity contribution in [2.45, 2.75) is 6.92 Å². The van der Waals surface area contributed by atoms with Gasteiger partial charge in [0.1, 0.15) is 12.4 Å². The molecule has 24 heavy (non-hydrogen) atoms. The smallest absolute Gasteiger partial charge is 0.255 e. The van der Waals surface area contributed by atoms with Crippen molar-refractivity contribution < 1.29 is 23.1 Å². The maximum absolute atomic E-state index is 13.2. The zero-order valence-corrected chi connectivity index (χ0v) is 12.8. The molecular formula is C17H14F2N2O3. The predicted molar refractivity (Wildman–Crippen MR) is 84.3 cm³/mol. The number of carbonyl (C=O) groups is 2. The van der Waals surface area contributed by atoms with Gasteiger partial charge in [-0.2, -0.15) is 0 Å². The first-order valence-corrected chi connectivity index (χ1v) is 7.27. The number of nitrogens with zero attached hydrogens (tertiary/aromatic N) is 1. The van der Waals surface area contributed by atoms with Crippen LogP contribution in [-0.2, 0) is 4.79 Å². The van der Waals surface area contributed by atoms with Crippen LogP contribution in [0.5, 0.6) is 5.75 Å². The summed E-state index contributed by atoms with van der Waals surface area (Å²) in [5.74, 6) is -2.31. The molecule has 124 valence electrons. The minimum atomic E-state index is -1.09. The molecule has 0 radical (unpaired) electrons. The highest BCUT2D eigenvalue weighted by Crippen LogP contribution is 2.34. The molecule has 0 bridgehead atoms. The molecule has 0 unspecified atom stereocenters. The van der Waals surface area contributed by atoms with Gasteiger partial charge in [-0.05, 0) is 30.3 Å². The molecule has 0 spiro atoms. The Balaban J connectivity index is 1.82. The van der Waals surface area contributed by atoms with Gasteiger partial charge < -0.3 is 15.0 Å². The first-order valence-electron chi connectivity index (χ1n) is 7.27. The number of carbonyl (C=O) groups excluding carboxylic acids is 2. The Kier molecular flexibility index (Phi) is 4.16. The quantitative estimate of drug-likeness (QED) is 0.920. The summed E-state index contributed by atoms with van der Waals surface area (Å²) in [5.41, 5.74) is 1.05. The summed E-state index contributed by atoms with van der Waals surface area (Å²) in [6.07, 6.45) is 0. The van der Waals surface area contributed by atoms with E-state index >= 15 is 0 Å². The maximum atomic E-state index is 13.2. The second-order valence-corrected chi connectivity index (χ2v) is 5.28. The molecule has 2 aromatic rings. The van der Waals surface area contributed by atoms with E-state index in [1.54, 1.807) is 23.1 Å². The van der Waals surface area contributed by atoms with Crippen LogP contribution >= 0.6 is 0 Å². The van der Waals surface area contributed by atoms with Crippen LogP contribution in [-0.4, -0.2) is 25.0 Å². The van der Waals surface area contributed by atoms with E-state index in [1.165, 1.54) is 13.0 Å². The van der Waals surface area contributed by atoms with E-state index in [1.807, 2.05) is 0 Å². The summed E-state index contributed by atoms with van der Waals surface area (Å²) in [6, 6.07) is 7.78. The molecule has 1 aliphatic rings. The highest BCUT2D eigenvalue weighted by molar-refractivity contribution is 6.04. The molecule has 1 aliphatic heterocycles. The van der Waals surface area contributed by atoms with Gasteiger partial charge in [0.25, 0.3) is 5.91 Å². The lowest BCUT2D eigenvalue weighted by Crippen LogP contribution is -2.36. The standard InChI is InChI=1S/C17H14F2N2O3/c1-10(22)21-6-7-24-16-9-12(3-5-15(16)21)20-17(23)11-2-4-13(18)14(19)8-11/h2-5,8-9H,6-7H2,1H3,(H,20,23). The van der Waals surface area contributed by atoms with Crippen molar-refractivity contribution in [2.24, 2.45) is 0 Å². The third kappa shape index (κ3) is 3.05. The Morgan fingerprint density at radius 1 is 1.12 bits per heavy atom. The Labute approximate surface area is 136 Å². The number of hydrogen-bond acceptors (Lipinski definition) is 3. The number of benzene rings is 2. The number of ether oxygens (including phenoxy) is 1.